The lowest BCUT2D eigenvalue weighted by molar-refractivity contribution is -0.161. The number of carbonyl (C=O) groups excluding carboxylic acids is 4. The first-order chi connectivity index (χ1) is 50.1. The Morgan fingerprint density at radius 2 is 0.466 bits per heavy atom. The SMILES string of the molecule is CCCCCCCCCCCCCCCCCCCCCC(=O)O[C@H](COC(=O)CCCCCCCCCCCCCCCCCC)COP(=O)(O)OC[C@@H](O)COP(=O)(O)OC[C@@H](COC(=O)CCCCCCCCCCC(C)CC)OC(=O)CCCCCCCCCCCCCCCCCC. The minimum atomic E-state index is -4.96. The van der Waals surface area contributed by atoms with Crippen LogP contribution in [0.25, 0.3) is 0 Å². The molecule has 3 N–H and O–H groups in total. The monoisotopic (exact) mass is 1510 g/mol. The van der Waals surface area contributed by atoms with Gasteiger partial charge in [0.2, 0.25) is 0 Å². The van der Waals surface area contributed by atoms with Crippen molar-refractivity contribution in [1.82, 2.24) is 0 Å². The number of unbranched alkanes of at least 4 members (excludes halogenated alkanes) is 55. The third kappa shape index (κ3) is 76.6. The van der Waals surface area contributed by atoms with Crippen LogP contribution in [-0.2, 0) is 65.4 Å². The Labute approximate surface area is 632 Å². The van der Waals surface area contributed by atoms with Crippen molar-refractivity contribution in [2.24, 2.45) is 5.92 Å². The maximum atomic E-state index is 13.1. The highest BCUT2D eigenvalue weighted by molar-refractivity contribution is 7.47. The molecule has 0 heterocycles. The zero-order valence-electron chi connectivity index (χ0n) is 67.5. The summed E-state index contributed by atoms with van der Waals surface area (Å²) in [6, 6.07) is 0. The van der Waals surface area contributed by atoms with E-state index in [-0.39, 0.29) is 25.7 Å². The van der Waals surface area contributed by atoms with E-state index in [4.69, 9.17) is 37.0 Å². The van der Waals surface area contributed by atoms with E-state index in [1.165, 1.54) is 276 Å². The van der Waals surface area contributed by atoms with Gasteiger partial charge in [-0.25, -0.2) is 9.13 Å². The molecule has 17 nitrogen and oxygen atoms in total. The lowest BCUT2D eigenvalue weighted by Gasteiger charge is -2.21. The van der Waals surface area contributed by atoms with Gasteiger partial charge >= 0.3 is 39.5 Å². The summed E-state index contributed by atoms with van der Waals surface area (Å²) in [7, 11) is -9.93. The predicted molar refractivity (Wildman–Crippen MR) is 423 cm³/mol. The van der Waals surface area contributed by atoms with Crippen LogP contribution in [0.5, 0.6) is 0 Å². The van der Waals surface area contributed by atoms with E-state index in [2.05, 4.69) is 34.6 Å². The molecule has 0 aromatic carbocycles. The summed E-state index contributed by atoms with van der Waals surface area (Å²) in [6.07, 6.45) is 69.3. The molecule has 3 unspecified atom stereocenters. The van der Waals surface area contributed by atoms with Crippen LogP contribution in [0, 0.1) is 5.92 Å². The standard InChI is InChI=1S/C84H164O17P2/c1-6-10-13-16-19-22-25-28-31-34-35-36-39-42-45-48-55-60-65-70-83(88)100-79(73-94-81(86)67-62-57-52-46-43-40-37-32-29-26-23-20-17-14-11-7-2)75-98-102(90,91)96-71-78(85)72-97-103(92,93)99-76-80(74-95-82(87)68-63-58-53-50-49-51-56-61-66-77(5)9-4)101-84(89)69-64-59-54-47-44-41-38-33-30-27-24-21-18-15-12-8-3/h77-80,85H,6-76H2,1-5H3,(H,90,91)(H,92,93)/t77?,78-,79-,80-/m1/s1. The maximum Gasteiger partial charge on any atom is 0.472 e. The molecule has 0 radical (unpaired) electrons. The van der Waals surface area contributed by atoms with Crippen LogP contribution in [0.4, 0.5) is 0 Å². The zero-order chi connectivity index (χ0) is 75.5. The van der Waals surface area contributed by atoms with Gasteiger partial charge in [-0.1, -0.05) is 401 Å². The molecule has 0 amide bonds. The highest BCUT2D eigenvalue weighted by atomic mass is 31.2. The van der Waals surface area contributed by atoms with Gasteiger partial charge < -0.3 is 33.8 Å². The number of phosphoric ester groups is 2. The Morgan fingerprint density at radius 3 is 0.689 bits per heavy atom. The van der Waals surface area contributed by atoms with E-state index in [0.29, 0.717) is 25.7 Å². The fraction of sp³-hybridized carbons (Fsp3) is 0.952. The van der Waals surface area contributed by atoms with Crippen molar-refractivity contribution in [1.29, 1.82) is 0 Å². The average molecular weight is 1510 g/mol. The van der Waals surface area contributed by atoms with Gasteiger partial charge in [-0.05, 0) is 31.6 Å². The number of aliphatic hydroxyl groups is 1. The van der Waals surface area contributed by atoms with Crippen LogP contribution in [0.1, 0.15) is 452 Å². The fourth-order valence-corrected chi connectivity index (χ4v) is 14.7. The Hall–Kier alpha value is -1.94. The molecule has 612 valence electrons. The Morgan fingerprint density at radius 1 is 0.272 bits per heavy atom. The summed E-state index contributed by atoms with van der Waals surface area (Å²) in [6.45, 7) is 7.36. The smallest absolute Gasteiger partial charge is 0.462 e. The van der Waals surface area contributed by atoms with Crippen molar-refractivity contribution in [3.63, 3.8) is 0 Å². The first-order valence-electron chi connectivity index (χ1n) is 43.7. The maximum absolute atomic E-state index is 13.1. The van der Waals surface area contributed by atoms with Crippen molar-refractivity contribution >= 4 is 39.5 Å². The third-order valence-electron chi connectivity index (χ3n) is 20.1. The molecule has 0 aromatic heterocycles. The number of aliphatic hydroxyl groups excluding tert-OH is 1. The van der Waals surface area contributed by atoms with Crippen molar-refractivity contribution in [3.8, 4) is 0 Å². The minimum absolute atomic E-state index is 0.108. The molecule has 6 atom stereocenters. The van der Waals surface area contributed by atoms with Gasteiger partial charge in [-0.2, -0.15) is 0 Å². The van der Waals surface area contributed by atoms with Gasteiger partial charge in [0.25, 0.3) is 0 Å². The van der Waals surface area contributed by atoms with E-state index in [1.54, 1.807) is 0 Å². The molecule has 0 saturated carbocycles. The van der Waals surface area contributed by atoms with E-state index in [0.717, 1.165) is 95.8 Å². The van der Waals surface area contributed by atoms with Crippen LogP contribution in [-0.4, -0.2) is 96.7 Å². The molecule has 0 bridgehead atoms. The summed E-state index contributed by atoms with van der Waals surface area (Å²) in [5.74, 6) is -1.32. The summed E-state index contributed by atoms with van der Waals surface area (Å²) in [5.41, 5.74) is 0. The molecule has 0 spiro atoms. The van der Waals surface area contributed by atoms with Gasteiger partial charge in [-0.15, -0.1) is 0 Å². The summed E-state index contributed by atoms with van der Waals surface area (Å²) < 4.78 is 68.9. The largest absolute Gasteiger partial charge is 0.472 e. The lowest BCUT2D eigenvalue weighted by Crippen LogP contribution is -2.30. The summed E-state index contributed by atoms with van der Waals surface area (Å²) >= 11 is 0. The Kier molecular flexibility index (Phi) is 75.4. The first-order valence-corrected chi connectivity index (χ1v) is 46.7. The van der Waals surface area contributed by atoms with Crippen LogP contribution >= 0.6 is 15.6 Å². The van der Waals surface area contributed by atoms with Crippen molar-refractivity contribution < 1.29 is 80.2 Å². The molecule has 0 rings (SSSR count). The summed E-state index contributed by atoms with van der Waals surface area (Å²) in [5, 5.41) is 10.7. The van der Waals surface area contributed by atoms with Gasteiger partial charge in [-0.3, -0.25) is 37.3 Å². The van der Waals surface area contributed by atoms with Crippen LogP contribution < -0.4 is 0 Å². The van der Waals surface area contributed by atoms with Gasteiger partial charge in [0.15, 0.2) is 12.2 Å². The van der Waals surface area contributed by atoms with Crippen LogP contribution in [0.15, 0.2) is 0 Å². The second kappa shape index (κ2) is 76.8. The number of esters is 4. The topological polar surface area (TPSA) is 237 Å². The molecule has 19 heteroatoms. The number of phosphoric acid groups is 2. The van der Waals surface area contributed by atoms with Crippen molar-refractivity contribution in [2.45, 2.75) is 470 Å². The second-order valence-electron chi connectivity index (χ2n) is 30.5. The molecule has 0 aromatic rings. The van der Waals surface area contributed by atoms with Crippen molar-refractivity contribution in [3.05, 3.63) is 0 Å². The number of ether oxygens (including phenoxy) is 4. The molecule has 0 saturated heterocycles. The summed E-state index contributed by atoms with van der Waals surface area (Å²) in [4.78, 5) is 73.2. The van der Waals surface area contributed by atoms with E-state index in [1.807, 2.05) is 0 Å². The number of carbonyl (C=O) groups is 4. The van der Waals surface area contributed by atoms with Gasteiger partial charge in [0.1, 0.15) is 19.3 Å². The normalized spacial score (nSPS) is 14.1. The average Bonchev–Trinajstić information content (AvgIpc) is 0.928. The van der Waals surface area contributed by atoms with Crippen LogP contribution in [0.3, 0.4) is 0 Å². The quantitative estimate of drug-likeness (QED) is 0.0222. The fourth-order valence-electron chi connectivity index (χ4n) is 13.1. The molecule has 0 aliphatic carbocycles. The molecule has 0 aliphatic heterocycles. The number of hydrogen-bond donors (Lipinski definition) is 3. The Balaban J connectivity index is 5.26. The minimum Gasteiger partial charge on any atom is -0.462 e. The van der Waals surface area contributed by atoms with E-state index in [9.17, 15) is 43.2 Å². The second-order valence-corrected chi connectivity index (χ2v) is 33.4. The predicted octanol–water partition coefficient (Wildman–Crippen LogP) is 25.6. The molecule has 0 fully saturated rings. The van der Waals surface area contributed by atoms with E-state index < -0.39 is 97.5 Å². The highest BCUT2D eigenvalue weighted by Gasteiger charge is 2.30. The van der Waals surface area contributed by atoms with Crippen molar-refractivity contribution in [2.75, 3.05) is 39.6 Å². The lowest BCUT2D eigenvalue weighted by atomic mass is 9.99. The number of rotatable bonds is 84. The van der Waals surface area contributed by atoms with Crippen LogP contribution in [0.2, 0.25) is 0 Å². The third-order valence-corrected chi connectivity index (χ3v) is 22.0. The molecular formula is C84H164O17P2. The highest BCUT2D eigenvalue weighted by Crippen LogP contribution is 2.45. The first kappa shape index (κ1) is 101. The molecular weight excluding hydrogens is 1340 g/mol. The zero-order valence-corrected chi connectivity index (χ0v) is 69.3. The van der Waals surface area contributed by atoms with E-state index >= 15 is 0 Å². The van der Waals surface area contributed by atoms with Gasteiger partial charge in [0.05, 0.1) is 26.4 Å². The Bertz CT molecular complexity index is 1960. The molecule has 103 heavy (non-hydrogen) atoms. The number of hydrogen-bond acceptors (Lipinski definition) is 15. The van der Waals surface area contributed by atoms with Gasteiger partial charge in [0, 0.05) is 25.7 Å². The molecule has 0 aliphatic rings.